The minimum Gasteiger partial charge on any atom is -0.327 e. The van der Waals surface area contributed by atoms with Crippen LogP contribution in [-0.4, -0.2) is 23.3 Å². The van der Waals surface area contributed by atoms with Crippen LogP contribution in [-0.2, 0) is 9.59 Å². The maximum atomic E-state index is 13.0. The standard InChI is InChI=1S/C19H19IN2O2/c20-15-9-6-10-16(13-15)21-19(24)18(14-7-2-1-3-8-14)22-12-5-4-11-17(22)23/h1-3,6-10,13,18H,4-5,11-12H2,(H,21,24). The van der Waals surface area contributed by atoms with Gasteiger partial charge in [0.2, 0.25) is 5.91 Å². The summed E-state index contributed by atoms with van der Waals surface area (Å²) in [6.07, 6.45) is 2.35. The molecule has 2 aromatic rings. The van der Waals surface area contributed by atoms with Crippen molar-refractivity contribution >= 4 is 40.1 Å². The van der Waals surface area contributed by atoms with E-state index >= 15 is 0 Å². The second-order valence-electron chi connectivity index (χ2n) is 5.86. The lowest BCUT2D eigenvalue weighted by atomic mass is 10.0. The van der Waals surface area contributed by atoms with Crippen LogP contribution in [0, 0.1) is 3.57 Å². The number of amides is 2. The fourth-order valence-electron chi connectivity index (χ4n) is 2.98. The number of likely N-dealkylation sites (tertiary alicyclic amines) is 1. The topological polar surface area (TPSA) is 49.4 Å². The van der Waals surface area contributed by atoms with E-state index in [0.717, 1.165) is 27.7 Å². The molecule has 2 amide bonds. The van der Waals surface area contributed by atoms with Crippen molar-refractivity contribution in [2.24, 2.45) is 0 Å². The van der Waals surface area contributed by atoms with Gasteiger partial charge in [-0.15, -0.1) is 0 Å². The summed E-state index contributed by atoms with van der Waals surface area (Å²) in [5, 5.41) is 2.96. The molecule has 1 N–H and O–H groups in total. The van der Waals surface area contributed by atoms with Gasteiger partial charge in [0.25, 0.3) is 5.91 Å². The van der Waals surface area contributed by atoms with E-state index < -0.39 is 6.04 Å². The Hall–Kier alpha value is -1.89. The Morgan fingerprint density at radius 2 is 1.88 bits per heavy atom. The van der Waals surface area contributed by atoms with Crippen LogP contribution in [0.2, 0.25) is 0 Å². The zero-order chi connectivity index (χ0) is 16.9. The predicted octanol–water partition coefficient (Wildman–Crippen LogP) is 3.98. The van der Waals surface area contributed by atoms with E-state index in [1.807, 2.05) is 54.6 Å². The molecule has 1 unspecified atom stereocenters. The SMILES string of the molecule is O=C(Nc1cccc(I)c1)C(c1ccccc1)N1CCCCC1=O. The van der Waals surface area contributed by atoms with Gasteiger partial charge in [0, 0.05) is 22.2 Å². The molecule has 0 aliphatic carbocycles. The van der Waals surface area contributed by atoms with E-state index in [2.05, 4.69) is 27.9 Å². The molecule has 0 aromatic heterocycles. The quantitative estimate of drug-likeness (QED) is 0.741. The zero-order valence-corrected chi connectivity index (χ0v) is 15.4. The Bertz CT molecular complexity index is 733. The maximum Gasteiger partial charge on any atom is 0.251 e. The minimum atomic E-state index is -0.586. The van der Waals surface area contributed by atoms with E-state index in [4.69, 9.17) is 0 Å². The van der Waals surface area contributed by atoms with Crippen molar-refractivity contribution in [1.29, 1.82) is 0 Å². The maximum absolute atomic E-state index is 13.0. The van der Waals surface area contributed by atoms with Gasteiger partial charge in [-0.25, -0.2) is 0 Å². The smallest absolute Gasteiger partial charge is 0.251 e. The molecule has 0 saturated carbocycles. The summed E-state index contributed by atoms with van der Waals surface area (Å²) in [5.41, 5.74) is 1.59. The van der Waals surface area contributed by atoms with E-state index in [-0.39, 0.29) is 11.8 Å². The molecular formula is C19H19IN2O2. The van der Waals surface area contributed by atoms with Crippen LogP contribution in [0.25, 0.3) is 0 Å². The van der Waals surface area contributed by atoms with Gasteiger partial charge >= 0.3 is 0 Å². The summed E-state index contributed by atoms with van der Waals surface area (Å²) in [4.78, 5) is 27.0. The van der Waals surface area contributed by atoms with Crippen LogP contribution < -0.4 is 5.32 Å². The first-order chi connectivity index (χ1) is 11.6. The molecule has 0 radical (unpaired) electrons. The third-order valence-electron chi connectivity index (χ3n) is 4.13. The van der Waals surface area contributed by atoms with Gasteiger partial charge in [-0.3, -0.25) is 9.59 Å². The lowest BCUT2D eigenvalue weighted by molar-refractivity contribution is -0.141. The molecule has 1 saturated heterocycles. The first-order valence-corrected chi connectivity index (χ1v) is 9.14. The summed E-state index contributed by atoms with van der Waals surface area (Å²) < 4.78 is 1.05. The Morgan fingerprint density at radius 1 is 1.08 bits per heavy atom. The molecule has 1 atom stereocenters. The van der Waals surface area contributed by atoms with Crippen molar-refractivity contribution in [2.45, 2.75) is 25.3 Å². The van der Waals surface area contributed by atoms with E-state index in [1.54, 1.807) is 4.90 Å². The highest BCUT2D eigenvalue weighted by Gasteiger charge is 2.32. The van der Waals surface area contributed by atoms with Crippen molar-refractivity contribution in [3.63, 3.8) is 0 Å². The normalized spacial score (nSPS) is 15.9. The fraction of sp³-hybridized carbons (Fsp3) is 0.263. The number of nitrogens with one attached hydrogen (secondary N) is 1. The lowest BCUT2D eigenvalue weighted by Crippen LogP contribution is -2.43. The van der Waals surface area contributed by atoms with Crippen LogP contribution in [0.4, 0.5) is 5.69 Å². The van der Waals surface area contributed by atoms with E-state index in [0.29, 0.717) is 13.0 Å². The Kier molecular flexibility index (Phi) is 5.50. The molecular weight excluding hydrogens is 415 g/mol. The highest BCUT2D eigenvalue weighted by Crippen LogP contribution is 2.27. The zero-order valence-electron chi connectivity index (χ0n) is 13.2. The average Bonchev–Trinajstić information content (AvgIpc) is 2.58. The second-order valence-corrected chi connectivity index (χ2v) is 7.10. The Balaban J connectivity index is 1.89. The number of halogens is 1. The van der Waals surface area contributed by atoms with Crippen molar-refractivity contribution < 1.29 is 9.59 Å². The number of piperidine rings is 1. The molecule has 1 aliphatic heterocycles. The number of nitrogens with zero attached hydrogens (tertiary/aromatic N) is 1. The largest absolute Gasteiger partial charge is 0.327 e. The first kappa shape index (κ1) is 17.0. The number of benzene rings is 2. The fourth-order valence-corrected chi connectivity index (χ4v) is 3.53. The van der Waals surface area contributed by atoms with Gasteiger partial charge in [0.15, 0.2) is 0 Å². The second kappa shape index (κ2) is 7.79. The molecule has 124 valence electrons. The van der Waals surface area contributed by atoms with Crippen LogP contribution in [0.15, 0.2) is 54.6 Å². The molecule has 1 heterocycles. The summed E-state index contributed by atoms with van der Waals surface area (Å²) in [7, 11) is 0. The van der Waals surface area contributed by atoms with Crippen molar-refractivity contribution in [2.75, 3.05) is 11.9 Å². The van der Waals surface area contributed by atoms with E-state index in [9.17, 15) is 9.59 Å². The van der Waals surface area contributed by atoms with Crippen molar-refractivity contribution in [1.82, 2.24) is 4.90 Å². The third-order valence-corrected chi connectivity index (χ3v) is 4.80. The number of hydrogen-bond donors (Lipinski definition) is 1. The van der Waals surface area contributed by atoms with Crippen LogP contribution in [0.3, 0.4) is 0 Å². The number of carbonyl (C=O) groups excluding carboxylic acids is 2. The van der Waals surface area contributed by atoms with Gasteiger partial charge < -0.3 is 10.2 Å². The molecule has 0 bridgehead atoms. The highest BCUT2D eigenvalue weighted by atomic mass is 127. The van der Waals surface area contributed by atoms with Gasteiger partial charge in [-0.05, 0) is 59.2 Å². The van der Waals surface area contributed by atoms with Gasteiger partial charge in [-0.1, -0.05) is 36.4 Å². The monoisotopic (exact) mass is 434 g/mol. The average molecular weight is 434 g/mol. The van der Waals surface area contributed by atoms with Crippen molar-refractivity contribution in [3.05, 3.63) is 63.7 Å². The van der Waals surface area contributed by atoms with Crippen molar-refractivity contribution in [3.8, 4) is 0 Å². The lowest BCUT2D eigenvalue weighted by Gasteiger charge is -2.34. The molecule has 24 heavy (non-hydrogen) atoms. The molecule has 1 fully saturated rings. The molecule has 5 heteroatoms. The summed E-state index contributed by atoms with van der Waals surface area (Å²) in [6.45, 7) is 0.623. The Labute approximate surface area is 155 Å². The molecule has 3 rings (SSSR count). The number of anilines is 1. The molecule has 1 aliphatic rings. The number of hydrogen-bond acceptors (Lipinski definition) is 2. The van der Waals surface area contributed by atoms with Gasteiger partial charge in [-0.2, -0.15) is 0 Å². The summed E-state index contributed by atoms with van der Waals surface area (Å²) >= 11 is 2.21. The molecule has 0 spiro atoms. The van der Waals surface area contributed by atoms with Crippen LogP contribution in [0.1, 0.15) is 30.9 Å². The number of carbonyl (C=O) groups is 2. The van der Waals surface area contributed by atoms with E-state index in [1.165, 1.54) is 0 Å². The van der Waals surface area contributed by atoms with Crippen LogP contribution in [0.5, 0.6) is 0 Å². The molecule has 4 nitrogen and oxygen atoms in total. The highest BCUT2D eigenvalue weighted by molar-refractivity contribution is 14.1. The summed E-state index contributed by atoms with van der Waals surface area (Å²) in [6, 6.07) is 16.6. The molecule has 2 aromatic carbocycles. The van der Waals surface area contributed by atoms with Gasteiger partial charge in [0.05, 0.1) is 0 Å². The summed E-state index contributed by atoms with van der Waals surface area (Å²) in [5.74, 6) is -0.119. The Morgan fingerprint density at radius 3 is 2.58 bits per heavy atom. The van der Waals surface area contributed by atoms with Gasteiger partial charge in [0.1, 0.15) is 6.04 Å². The number of rotatable bonds is 4. The van der Waals surface area contributed by atoms with Crippen LogP contribution >= 0.6 is 22.6 Å². The third kappa shape index (κ3) is 3.95. The first-order valence-electron chi connectivity index (χ1n) is 8.06. The minimum absolute atomic E-state index is 0.0490. The predicted molar refractivity (Wildman–Crippen MR) is 103 cm³/mol.